The molecule has 0 radical (unpaired) electrons. The molecule has 0 bridgehead atoms. The monoisotopic (exact) mass is 340 g/mol. The van der Waals surface area contributed by atoms with Gasteiger partial charge in [0, 0.05) is 39.8 Å². The molecule has 1 aromatic heterocycles. The molecule has 1 aliphatic rings. The van der Waals surface area contributed by atoms with Gasteiger partial charge in [-0.2, -0.15) is 0 Å². The van der Waals surface area contributed by atoms with E-state index in [2.05, 4.69) is 0 Å². The second-order valence-electron chi connectivity index (χ2n) is 5.44. The Morgan fingerprint density at radius 2 is 1.83 bits per heavy atom. The lowest BCUT2D eigenvalue weighted by Crippen LogP contribution is -2.43. The van der Waals surface area contributed by atoms with Crippen LogP contribution in [0.3, 0.4) is 0 Å². The van der Waals surface area contributed by atoms with Crippen LogP contribution in [0.5, 0.6) is 0 Å². The lowest BCUT2D eigenvalue weighted by molar-refractivity contribution is -0.305. The molecule has 1 aliphatic heterocycles. The Labute approximate surface area is 142 Å². The van der Waals surface area contributed by atoms with Crippen molar-refractivity contribution >= 4 is 40.8 Å². The maximum atomic E-state index is 12.8. The Morgan fingerprint density at radius 1 is 1.12 bits per heavy atom. The highest BCUT2D eigenvalue weighted by atomic mass is 32.1. The molecule has 2 heterocycles. The van der Waals surface area contributed by atoms with Gasteiger partial charge < -0.3 is 9.90 Å². The van der Waals surface area contributed by atoms with Crippen molar-refractivity contribution in [3.05, 3.63) is 57.3 Å². The third-order valence-electron chi connectivity index (χ3n) is 3.76. The largest absolute Gasteiger partial charge is 0.550 e. The smallest absolute Gasteiger partial charge is 0.261 e. The van der Waals surface area contributed by atoms with E-state index in [1.807, 2.05) is 19.1 Å². The van der Waals surface area contributed by atoms with Gasteiger partial charge in [0.2, 0.25) is 0 Å². The number of rotatable bonds is 4. The van der Waals surface area contributed by atoms with Crippen LogP contribution in [0.15, 0.2) is 36.4 Å². The zero-order valence-corrected chi connectivity index (χ0v) is 13.8. The first kappa shape index (κ1) is 16.1. The zero-order chi connectivity index (χ0) is 17.3. The van der Waals surface area contributed by atoms with Crippen LogP contribution >= 0.6 is 11.3 Å². The number of fused-ring (bicyclic) bond motifs is 1. The van der Waals surface area contributed by atoms with E-state index >= 15 is 0 Å². The molecular formula is C18H14NO4S-. The third-order valence-corrected chi connectivity index (χ3v) is 4.70. The van der Waals surface area contributed by atoms with E-state index in [4.69, 9.17) is 0 Å². The number of carboxylic acids is 1. The fraction of sp³-hybridized carbons (Fsp3) is 0.167. The van der Waals surface area contributed by atoms with E-state index < -0.39 is 17.8 Å². The second-order valence-corrected chi connectivity index (χ2v) is 6.76. The van der Waals surface area contributed by atoms with Crippen molar-refractivity contribution in [2.75, 3.05) is 6.54 Å². The molecule has 0 unspecified atom stereocenters. The highest BCUT2D eigenvalue weighted by Crippen LogP contribution is 2.31. The SMILES string of the molecule is Cc1ccc(/C=C2\C(=O)N(CCC(=O)[O-])C(=O)c3ccccc32)s1. The summed E-state index contributed by atoms with van der Waals surface area (Å²) in [5, 5.41) is 10.7. The summed E-state index contributed by atoms with van der Waals surface area (Å²) in [4.78, 5) is 39.0. The third kappa shape index (κ3) is 3.00. The Hall–Kier alpha value is -2.73. The number of carbonyl (C=O) groups is 3. The van der Waals surface area contributed by atoms with E-state index in [1.54, 1.807) is 41.7 Å². The molecule has 0 atom stereocenters. The molecule has 3 rings (SSSR count). The number of amides is 2. The fourth-order valence-electron chi connectivity index (χ4n) is 2.62. The van der Waals surface area contributed by atoms with Gasteiger partial charge in [-0.3, -0.25) is 14.5 Å². The van der Waals surface area contributed by atoms with Gasteiger partial charge in [0.1, 0.15) is 0 Å². The number of carbonyl (C=O) groups excluding carboxylic acids is 3. The number of hydrogen-bond donors (Lipinski definition) is 0. The first-order valence-corrected chi connectivity index (χ1v) is 8.22. The summed E-state index contributed by atoms with van der Waals surface area (Å²) in [6, 6.07) is 10.7. The highest BCUT2D eigenvalue weighted by Gasteiger charge is 2.34. The number of aliphatic carboxylic acids is 1. The van der Waals surface area contributed by atoms with Crippen molar-refractivity contribution in [2.45, 2.75) is 13.3 Å². The standard InChI is InChI=1S/C18H15NO4S/c1-11-6-7-12(24-11)10-15-13-4-2-3-5-14(13)17(22)19(18(15)23)9-8-16(20)21/h2-7,10H,8-9H2,1H3,(H,20,21)/p-1/b15-10-. The van der Waals surface area contributed by atoms with E-state index in [0.29, 0.717) is 16.7 Å². The second kappa shape index (κ2) is 6.41. The first-order chi connectivity index (χ1) is 11.5. The average molecular weight is 340 g/mol. The van der Waals surface area contributed by atoms with Gasteiger partial charge in [0.15, 0.2) is 0 Å². The van der Waals surface area contributed by atoms with Gasteiger partial charge >= 0.3 is 0 Å². The number of nitrogens with zero attached hydrogens (tertiary/aromatic N) is 1. The minimum Gasteiger partial charge on any atom is -0.550 e. The van der Waals surface area contributed by atoms with Crippen LogP contribution in [-0.4, -0.2) is 29.2 Å². The van der Waals surface area contributed by atoms with Crippen LogP contribution < -0.4 is 5.11 Å². The first-order valence-electron chi connectivity index (χ1n) is 7.41. The van der Waals surface area contributed by atoms with Gasteiger partial charge in [0.25, 0.3) is 11.8 Å². The lowest BCUT2D eigenvalue weighted by Gasteiger charge is -2.28. The van der Waals surface area contributed by atoms with Crippen LogP contribution in [0, 0.1) is 6.92 Å². The summed E-state index contributed by atoms with van der Waals surface area (Å²) in [6.45, 7) is 1.77. The van der Waals surface area contributed by atoms with Crippen LogP contribution in [-0.2, 0) is 9.59 Å². The molecule has 122 valence electrons. The molecule has 5 nitrogen and oxygen atoms in total. The number of thiophene rings is 1. The van der Waals surface area contributed by atoms with Crippen molar-refractivity contribution < 1.29 is 19.5 Å². The van der Waals surface area contributed by atoms with Crippen molar-refractivity contribution in [1.29, 1.82) is 0 Å². The van der Waals surface area contributed by atoms with Crippen LogP contribution in [0.25, 0.3) is 11.6 Å². The number of benzene rings is 1. The quantitative estimate of drug-likeness (QED) is 0.627. The summed E-state index contributed by atoms with van der Waals surface area (Å²) < 4.78 is 0. The molecule has 2 amide bonds. The predicted molar refractivity (Wildman–Crippen MR) is 89.0 cm³/mol. The Bertz CT molecular complexity index is 865. The summed E-state index contributed by atoms with van der Waals surface area (Å²) in [5.74, 6) is -2.25. The van der Waals surface area contributed by atoms with E-state index in [1.165, 1.54) is 0 Å². The van der Waals surface area contributed by atoms with Crippen molar-refractivity contribution in [1.82, 2.24) is 4.90 Å². The predicted octanol–water partition coefficient (Wildman–Crippen LogP) is 1.72. The lowest BCUT2D eigenvalue weighted by atomic mass is 9.93. The zero-order valence-electron chi connectivity index (χ0n) is 12.9. The number of hydrogen-bond acceptors (Lipinski definition) is 5. The maximum absolute atomic E-state index is 12.8. The summed E-state index contributed by atoms with van der Waals surface area (Å²) in [5.41, 5.74) is 1.36. The molecule has 6 heteroatoms. The van der Waals surface area contributed by atoms with Crippen LogP contribution in [0.1, 0.15) is 32.1 Å². The van der Waals surface area contributed by atoms with E-state index in [9.17, 15) is 19.5 Å². The average Bonchev–Trinajstić information content (AvgIpc) is 2.96. The van der Waals surface area contributed by atoms with E-state index in [-0.39, 0.29) is 13.0 Å². The molecule has 0 saturated carbocycles. The van der Waals surface area contributed by atoms with Crippen molar-refractivity contribution in [3.63, 3.8) is 0 Å². The van der Waals surface area contributed by atoms with Crippen LogP contribution in [0.4, 0.5) is 0 Å². The summed E-state index contributed by atoms with van der Waals surface area (Å²) in [6.07, 6.45) is 1.36. The number of imide groups is 1. The van der Waals surface area contributed by atoms with Crippen molar-refractivity contribution in [3.8, 4) is 0 Å². The van der Waals surface area contributed by atoms with Gasteiger partial charge in [-0.05, 0) is 36.8 Å². The van der Waals surface area contributed by atoms with Gasteiger partial charge in [-0.25, -0.2) is 0 Å². The molecule has 2 aromatic rings. The minimum atomic E-state index is -1.30. The maximum Gasteiger partial charge on any atom is 0.261 e. The Balaban J connectivity index is 2.07. The molecular weight excluding hydrogens is 326 g/mol. The molecule has 0 aliphatic carbocycles. The summed E-state index contributed by atoms with van der Waals surface area (Å²) >= 11 is 1.54. The normalized spacial score (nSPS) is 15.7. The molecule has 0 fully saturated rings. The van der Waals surface area contributed by atoms with Gasteiger partial charge in [-0.15, -0.1) is 11.3 Å². The number of carboxylic acid groups (broad SMARTS) is 1. The topological polar surface area (TPSA) is 77.5 Å². The minimum absolute atomic E-state index is 0.199. The Morgan fingerprint density at radius 3 is 2.46 bits per heavy atom. The molecule has 0 spiro atoms. The number of aryl methyl sites for hydroxylation is 1. The molecule has 1 aromatic carbocycles. The van der Waals surface area contributed by atoms with E-state index in [0.717, 1.165) is 14.7 Å². The van der Waals surface area contributed by atoms with Crippen molar-refractivity contribution in [2.24, 2.45) is 0 Å². The van der Waals surface area contributed by atoms with Gasteiger partial charge in [0.05, 0.1) is 0 Å². The molecule has 24 heavy (non-hydrogen) atoms. The molecule has 0 saturated heterocycles. The Kier molecular flexibility index (Phi) is 4.31. The van der Waals surface area contributed by atoms with Crippen LogP contribution in [0.2, 0.25) is 0 Å². The fourth-order valence-corrected chi connectivity index (χ4v) is 3.44. The molecule has 0 N–H and O–H groups in total. The highest BCUT2D eigenvalue weighted by molar-refractivity contribution is 7.12. The van der Waals surface area contributed by atoms with Gasteiger partial charge in [-0.1, -0.05) is 18.2 Å². The summed E-state index contributed by atoms with van der Waals surface area (Å²) in [7, 11) is 0.